The van der Waals surface area contributed by atoms with Gasteiger partial charge in [0.15, 0.2) is 0 Å². The molecule has 2 heteroatoms. The fourth-order valence-electron chi connectivity index (χ4n) is 0.528. The first-order valence-corrected chi connectivity index (χ1v) is 7.53. The molecule has 1 unspecified atom stereocenters. The minimum atomic E-state index is -0.534. The van der Waals surface area contributed by atoms with Gasteiger partial charge < -0.3 is 0 Å². The van der Waals surface area contributed by atoms with Gasteiger partial charge in [-0.2, -0.15) is 0 Å². The van der Waals surface area contributed by atoms with Crippen LogP contribution in [0.25, 0.3) is 0 Å². The van der Waals surface area contributed by atoms with Gasteiger partial charge in [0, 0.05) is 0 Å². The zero-order valence-electron chi connectivity index (χ0n) is 5.18. The first kappa shape index (κ1) is 7.52. The summed E-state index contributed by atoms with van der Waals surface area (Å²) in [5.74, 6) is 0. The van der Waals surface area contributed by atoms with Gasteiger partial charge in [0.1, 0.15) is 0 Å². The Hall–Kier alpha value is 0.518. The number of hydrogen-bond acceptors (Lipinski definition) is 1. The summed E-state index contributed by atoms with van der Waals surface area (Å²) in [7, 11) is 0. The van der Waals surface area contributed by atoms with E-state index < -0.39 is 14.7 Å². The van der Waals surface area contributed by atoms with Crippen molar-refractivity contribution in [3.63, 3.8) is 0 Å². The molecule has 0 aliphatic heterocycles. The average molecular weight is 164 g/mol. The van der Waals surface area contributed by atoms with E-state index in [0.29, 0.717) is 0 Å². The van der Waals surface area contributed by atoms with Crippen molar-refractivity contribution in [2.75, 3.05) is 0 Å². The zero-order chi connectivity index (χ0) is 5.86. The first-order chi connectivity index (χ1) is 3.13. The van der Waals surface area contributed by atoms with E-state index in [-0.39, 0.29) is 6.10 Å². The molecule has 0 radical (unpaired) electrons. The molecular weight excluding hydrogens is 151 g/mol. The van der Waals surface area contributed by atoms with Crippen molar-refractivity contribution in [3.05, 3.63) is 0 Å². The molecule has 1 atom stereocenters. The van der Waals surface area contributed by atoms with Crippen LogP contribution in [0.4, 0.5) is 0 Å². The maximum absolute atomic E-state index is 8.76. The quantitative estimate of drug-likeness (QED) is 0.606. The molecule has 0 heterocycles. The van der Waals surface area contributed by atoms with E-state index >= 15 is 0 Å². The molecule has 0 aromatic heterocycles. The maximum atomic E-state index is 8.76. The fourth-order valence-corrected chi connectivity index (χ4v) is 2.75. The van der Waals surface area contributed by atoms with Gasteiger partial charge in [-0.1, -0.05) is 0 Å². The van der Waals surface area contributed by atoms with E-state index in [0.717, 1.165) is 5.21 Å². The van der Waals surface area contributed by atoms with Gasteiger partial charge in [0.2, 0.25) is 0 Å². The third-order valence-corrected chi connectivity index (χ3v) is 3.27. The molecule has 0 aromatic carbocycles. The molecule has 0 bridgehead atoms. The van der Waals surface area contributed by atoms with Crippen LogP contribution in [-0.4, -0.2) is 25.9 Å². The summed E-state index contributed by atoms with van der Waals surface area (Å²) >= 11 is -0.534. The topological polar surface area (TPSA) is 20.2 Å². The Bertz CT molecular complexity index is 37.3. The van der Waals surface area contributed by atoms with Crippen LogP contribution in [0.3, 0.4) is 0 Å². The van der Waals surface area contributed by atoms with Crippen molar-refractivity contribution in [1.82, 2.24) is 0 Å². The third-order valence-electron chi connectivity index (χ3n) is 0.629. The van der Waals surface area contributed by atoms with E-state index in [2.05, 4.69) is 11.4 Å². The number of aliphatic hydroxyl groups is 1. The van der Waals surface area contributed by atoms with Crippen LogP contribution in [0.2, 0.25) is 16.6 Å². The van der Waals surface area contributed by atoms with E-state index in [9.17, 15) is 0 Å². The van der Waals surface area contributed by atoms with Gasteiger partial charge in [-0.15, -0.1) is 0 Å². The molecule has 0 saturated carbocycles. The van der Waals surface area contributed by atoms with Crippen LogP contribution in [0.15, 0.2) is 0 Å². The Kier molecular flexibility index (Phi) is 3.77. The van der Waals surface area contributed by atoms with Gasteiger partial charge in [0.05, 0.1) is 0 Å². The summed E-state index contributed by atoms with van der Waals surface area (Å²) in [5.41, 5.74) is 4.50. The Labute approximate surface area is 50.0 Å². The summed E-state index contributed by atoms with van der Waals surface area (Å²) < 4.78 is 0. The molecule has 0 aliphatic rings. The molecule has 0 aromatic rings. The number of rotatable bonds is 2. The van der Waals surface area contributed by atoms with Crippen molar-refractivity contribution >= 4 is 14.7 Å². The van der Waals surface area contributed by atoms with Crippen LogP contribution >= 0.6 is 0 Å². The van der Waals surface area contributed by atoms with E-state index in [1.165, 1.54) is 0 Å². The number of aliphatic hydroxyl groups excluding tert-OH is 1. The van der Waals surface area contributed by atoms with E-state index in [1.807, 2.05) is 6.92 Å². The van der Waals surface area contributed by atoms with Gasteiger partial charge in [-0.05, 0) is 0 Å². The summed E-state index contributed by atoms with van der Waals surface area (Å²) in [6.07, 6.45) is -0.0602. The summed E-state index contributed by atoms with van der Waals surface area (Å²) in [6, 6.07) is 0. The molecule has 0 amide bonds. The second kappa shape index (κ2) is 3.51. The van der Waals surface area contributed by atoms with Crippen molar-refractivity contribution in [2.45, 2.75) is 29.7 Å². The third kappa shape index (κ3) is 6.52. The second-order valence-electron chi connectivity index (χ2n) is 2.11. The predicted octanol–water partition coefficient (Wildman–Crippen LogP) is 1.12. The normalized spacial score (nSPS) is 15.0. The monoisotopic (exact) mass is 164 g/mol. The Morgan fingerprint density at radius 2 is 2.00 bits per heavy atom. The van der Waals surface area contributed by atoms with Gasteiger partial charge in [0.25, 0.3) is 0 Å². The summed E-state index contributed by atoms with van der Waals surface area (Å²) in [4.78, 5) is 0. The molecule has 0 saturated heterocycles. The molecule has 7 heavy (non-hydrogen) atoms. The standard InChI is InChI=1S/C5H13AsO/c1-5(7)4-6(2)3/h5,7H,4H2,1-3H3. The molecule has 0 rings (SSSR count). The first-order valence-electron chi connectivity index (χ1n) is 2.45. The zero-order valence-corrected chi connectivity index (χ0v) is 7.06. The van der Waals surface area contributed by atoms with Crippen molar-refractivity contribution < 1.29 is 5.11 Å². The van der Waals surface area contributed by atoms with E-state index in [4.69, 9.17) is 5.11 Å². The van der Waals surface area contributed by atoms with Crippen LogP contribution in [0.5, 0.6) is 0 Å². The molecule has 1 N–H and O–H groups in total. The Morgan fingerprint density at radius 3 is 2.00 bits per heavy atom. The SMILES string of the molecule is CC(O)C[As](C)C. The average Bonchev–Trinajstić information content (AvgIpc) is 1.27. The van der Waals surface area contributed by atoms with Crippen molar-refractivity contribution in [3.8, 4) is 0 Å². The molecule has 0 spiro atoms. The van der Waals surface area contributed by atoms with Crippen LogP contribution in [0.1, 0.15) is 6.92 Å². The Morgan fingerprint density at radius 1 is 1.57 bits per heavy atom. The van der Waals surface area contributed by atoms with Crippen molar-refractivity contribution in [1.29, 1.82) is 0 Å². The molecule has 0 fully saturated rings. The summed E-state index contributed by atoms with van der Waals surface area (Å²) in [5, 5.41) is 9.82. The molecule has 44 valence electrons. The van der Waals surface area contributed by atoms with Crippen LogP contribution in [0, 0.1) is 0 Å². The summed E-state index contributed by atoms with van der Waals surface area (Å²) in [6.45, 7) is 1.86. The fraction of sp³-hybridized carbons (Fsp3) is 1.00. The molecule has 0 aliphatic carbocycles. The molecular formula is C5H13AsO. The minimum absolute atomic E-state index is 0.0602. The van der Waals surface area contributed by atoms with Gasteiger partial charge in [-0.3, -0.25) is 0 Å². The Balaban J connectivity index is 2.95. The van der Waals surface area contributed by atoms with Crippen LogP contribution in [-0.2, 0) is 0 Å². The van der Waals surface area contributed by atoms with Gasteiger partial charge in [-0.25, -0.2) is 0 Å². The van der Waals surface area contributed by atoms with E-state index in [1.54, 1.807) is 0 Å². The number of hydrogen-bond donors (Lipinski definition) is 1. The molecule has 1 nitrogen and oxygen atoms in total. The predicted molar refractivity (Wildman–Crippen MR) is 34.0 cm³/mol. The van der Waals surface area contributed by atoms with Gasteiger partial charge >= 0.3 is 49.4 Å². The van der Waals surface area contributed by atoms with Crippen molar-refractivity contribution in [2.24, 2.45) is 0 Å². The van der Waals surface area contributed by atoms with Crippen LogP contribution < -0.4 is 0 Å². The second-order valence-corrected chi connectivity index (χ2v) is 7.41.